The van der Waals surface area contributed by atoms with Crippen molar-refractivity contribution in [3.8, 4) is 0 Å². The molecular formula is C30H30F3NO4S. The SMILES string of the molecule is C=Cc1ccc(COC2=CC(C3(c4ccccc4)CC(C)C3)=C(OS(=O)(=O)C(F)(F)F)CC=C2)nc1/C=C\C. The van der Waals surface area contributed by atoms with Gasteiger partial charge in [0.2, 0.25) is 0 Å². The van der Waals surface area contributed by atoms with E-state index in [0.29, 0.717) is 29.9 Å². The predicted molar refractivity (Wildman–Crippen MR) is 145 cm³/mol. The summed E-state index contributed by atoms with van der Waals surface area (Å²) in [6.45, 7) is 7.83. The average Bonchev–Trinajstić information content (AvgIpc) is 3.07. The molecule has 1 saturated carbocycles. The highest BCUT2D eigenvalue weighted by atomic mass is 32.2. The van der Waals surface area contributed by atoms with Crippen LogP contribution in [0.3, 0.4) is 0 Å². The molecule has 39 heavy (non-hydrogen) atoms. The first-order valence-corrected chi connectivity index (χ1v) is 14.0. The number of halogens is 3. The molecule has 0 bridgehead atoms. The summed E-state index contributed by atoms with van der Waals surface area (Å²) in [5, 5.41) is 0. The molecule has 0 amide bonds. The molecule has 2 aliphatic carbocycles. The minimum Gasteiger partial charge on any atom is -0.487 e. The highest BCUT2D eigenvalue weighted by molar-refractivity contribution is 7.87. The fourth-order valence-electron chi connectivity index (χ4n) is 5.14. The number of hydrogen-bond acceptors (Lipinski definition) is 5. The second-order valence-electron chi connectivity index (χ2n) is 9.70. The lowest BCUT2D eigenvalue weighted by Crippen LogP contribution is -2.42. The van der Waals surface area contributed by atoms with Gasteiger partial charge in [0, 0.05) is 17.4 Å². The van der Waals surface area contributed by atoms with Gasteiger partial charge in [0.1, 0.15) is 18.1 Å². The van der Waals surface area contributed by atoms with Crippen molar-refractivity contribution >= 4 is 22.3 Å². The zero-order valence-corrected chi connectivity index (χ0v) is 22.6. The van der Waals surface area contributed by atoms with Crippen molar-refractivity contribution in [2.24, 2.45) is 5.92 Å². The first-order valence-electron chi connectivity index (χ1n) is 12.5. The standard InChI is InChI=1S/C30H30F3NO4S/c1-4-10-27-22(5-2)15-16-24(34-27)20-37-25-13-9-14-28(38-39(35,36)30(31,32)33)26(17-25)29(18-21(3)19-29)23-11-7-6-8-12-23/h4-13,15-17,21H,2,14,18-20H2,1,3H3/b10-4-. The van der Waals surface area contributed by atoms with Crippen LogP contribution in [0.25, 0.3) is 12.2 Å². The Balaban J connectivity index is 1.76. The molecule has 0 radical (unpaired) electrons. The van der Waals surface area contributed by atoms with Gasteiger partial charge in [-0.3, -0.25) is 0 Å². The summed E-state index contributed by atoms with van der Waals surface area (Å²) >= 11 is 0. The number of nitrogens with zero attached hydrogens (tertiary/aromatic N) is 1. The third-order valence-corrected chi connectivity index (χ3v) is 7.84. The van der Waals surface area contributed by atoms with E-state index in [-0.39, 0.29) is 24.7 Å². The van der Waals surface area contributed by atoms with Gasteiger partial charge >= 0.3 is 15.6 Å². The minimum absolute atomic E-state index is 0.0945. The highest BCUT2D eigenvalue weighted by Crippen LogP contribution is 2.55. The van der Waals surface area contributed by atoms with Crippen LogP contribution in [0.1, 0.15) is 55.6 Å². The lowest BCUT2D eigenvalue weighted by atomic mass is 9.55. The van der Waals surface area contributed by atoms with Crippen LogP contribution in [-0.2, 0) is 31.1 Å². The quantitative estimate of drug-likeness (QED) is 0.235. The van der Waals surface area contributed by atoms with Crippen molar-refractivity contribution < 1.29 is 30.5 Å². The Hall–Kier alpha value is -3.59. The third-order valence-electron chi connectivity index (χ3n) is 6.85. The summed E-state index contributed by atoms with van der Waals surface area (Å²) in [6, 6.07) is 13.0. The molecule has 0 spiro atoms. The minimum atomic E-state index is -5.86. The summed E-state index contributed by atoms with van der Waals surface area (Å²) in [5.41, 5.74) is -2.79. The first-order chi connectivity index (χ1) is 18.5. The lowest BCUT2D eigenvalue weighted by molar-refractivity contribution is -0.0524. The van der Waals surface area contributed by atoms with Gasteiger partial charge in [0.05, 0.1) is 11.4 Å². The predicted octanol–water partition coefficient (Wildman–Crippen LogP) is 7.61. The summed E-state index contributed by atoms with van der Waals surface area (Å²) in [5.74, 6) is 0.386. The van der Waals surface area contributed by atoms with Gasteiger partial charge in [-0.2, -0.15) is 21.6 Å². The van der Waals surface area contributed by atoms with Crippen molar-refractivity contribution in [3.63, 3.8) is 0 Å². The fraction of sp³-hybridized carbons (Fsp3) is 0.300. The van der Waals surface area contributed by atoms with Crippen LogP contribution in [0.4, 0.5) is 13.2 Å². The highest BCUT2D eigenvalue weighted by Gasteiger charge is 2.51. The number of alkyl halides is 3. The maximum absolute atomic E-state index is 13.3. The van der Waals surface area contributed by atoms with E-state index in [1.54, 1.807) is 24.3 Å². The lowest BCUT2D eigenvalue weighted by Gasteiger charge is -2.48. The number of rotatable bonds is 9. The van der Waals surface area contributed by atoms with Gasteiger partial charge in [0.15, 0.2) is 0 Å². The molecule has 206 valence electrons. The Morgan fingerprint density at radius 3 is 2.49 bits per heavy atom. The van der Waals surface area contributed by atoms with Crippen molar-refractivity contribution in [2.75, 3.05) is 0 Å². The zero-order valence-electron chi connectivity index (χ0n) is 21.7. The number of hydrogen-bond donors (Lipinski definition) is 0. The van der Waals surface area contributed by atoms with E-state index in [1.165, 1.54) is 0 Å². The van der Waals surface area contributed by atoms with Crippen molar-refractivity contribution in [2.45, 2.75) is 50.6 Å². The van der Waals surface area contributed by atoms with Crippen molar-refractivity contribution in [1.29, 1.82) is 0 Å². The van der Waals surface area contributed by atoms with E-state index >= 15 is 0 Å². The molecule has 0 saturated heterocycles. The molecule has 1 heterocycles. The number of pyridine rings is 1. The molecule has 4 rings (SSSR count). The van der Waals surface area contributed by atoms with Crippen molar-refractivity contribution in [1.82, 2.24) is 4.98 Å². The normalized spacial score (nSPS) is 21.8. The third kappa shape index (κ3) is 6.03. The molecule has 2 aliphatic rings. The molecule has 0 unspecified atom stereocenters. The van der Waals surface area contributed by atoms with Gasteiger partial charge in [0.25, 0.3) is 0 Å². The topological polar surface area (TPSA) is 65.5 Å². The molecule has 1 fully saturated rings. The number of ether oxygens (including phenoxy) is 1. The Kier molecular flexibility index (Phi) is 8.20. The van der Waals surface area contributed by atoms with E-state index in [9.17, 15) is 21.6 Å². The van der Waals surface area contributed by atoms with E-state index < -0.39 is 21.0 Å². The number of allylic oxidation sites excluding steroid dienone is 5. The van der Waals surface area contributed by atoms with E-state index in [4.69, 9.17) is 8.92 Å². The molecule has 0 aliphatic heterocycles. The van der Waals surface area contributed by atoms with Gasteiger partial charge < -0.3 is 8.92 Å². The Labute approximate surface area is 227 Å². The summed E-state index contributed by atoms with van der Waals surface area (Å²) in [4.78, 5) is 4.61. The Morgan fingerprint density at radius 1 is 1.15 bits per heavy atom. The van der Waals surface area contributed by atoms with Crippen LogP contribution >= 0.6 is 0 Å². The average molecular weight is 558 g/mol. The largest absolute Gasteiger partial charge is 0.534 e. The molecular weight excluding hydrogens is 527 g/mol. The summed E-state index contributed by atoms with van der Waals surface area (Å²) in [6.07, 6.45) is 11.3. The van der Waals surface area contributed by atoms with Gasteiger partial charge in [-0.15, -0.1) is 0 Å². The number of aromatic nitrogens is 1. The van der Waals surface area contributed by atoms with Crippen LogP contribution in [0.5, 0.6) is 0 Å². The summed E-state index contributed by atoms with van der Waals surface area (Å²) in [7, 11) is -5.86. The Bertz CT molecular complexity index is 1450. The molecule has 1 aromatic carbocycles. The van der Waals surface area contributed by atoms with Crippen LogP contribution in [0.2, 0.25) is 0 Å². The zero-order chi connectivity index (χ0) is 28.3. The van der Waals surface area contributed by atoms with Crippen LogP contribution in [-0.4, -0.2) is 18.9 Å². The molecule has 0 atom stereocenters. The van der Waals surface area contributed by atoms with E-state index in [2.05, 4.69) is 11.6 Å². The first kappa shape index (κ1) is 28.4. The maximum Gasteiger partial charge on any atom is 0.534 e. The molecule has 1 aromatic heterocycles. The summed E-state index contributed by atoms with van der Waals surface area (Å²) < 4.78 is 74.9. The van der Waals surface area contributed by atoms with E-state index in [1.807, 2.05) is 68.5 Å². The van der Waals surface area contributed by atoms with Gasteiger partial charge in [-0.1, -0.05) is 68.1 Å². The molecule has 5 nitrogen and oxygen atoms in total. The van der Waals surface area contributed by atoms with Crippen LogP contribution < -0.4 is 0 Å². The molecule has 0 N–H and O–H groups in total. The second-order valence-corrected chi connectivity index (χ2v) is 11.2. The fourth-order valence-corrected chi connectivity index (χ4v) is 5.66. The van der Waals surface area contributed by atoms with Crippen LogP contribution in [0, 0.1) is 5.92 Å². The molecule has 9 heteroatoms. The van der Waals surface area contributed by atoms with E-state index in [0.717, 1.165) is 16.8 Å². The van der Waals surface area contributed by atoms with Gasteiger partial charge in [-0.05, 0) is 61.1 Å². The van der Waals surface area contributed by atoms with Crippen molar-refractivity contribution in [3.05, 3.63) is 113 Å². The Morgan fingerprint density at radius 2 is 1.87 bits per heavy atom. The smallest absolute Gasteiger partial charge is 0.487 e. The van der Waals surface area contributed by atoms with Crippen LogP contribution in [0.15, 0.2) is 90.4 Å². The second kappa shape index (κ2) is 11.3. The van der Waals surface area contributed by atoms with Gasteiger partial charge in [-0.25, -0.2) is 4.98 Å². The maximum atomic E-state index is 13.3. The molecule has 2 aromatic rings. The number of benzene rings is 1. The monoisotopic (exact) mass is 557 g/mol.